The fraction of sp³-hybridized carbons (Fsp3) is 0.562. The molecule has 0 aromatic heterocycles. The third-order valence-electron chi connectivity index (χ3n) is 4.50. The van der Waals surface area contributed by atoms with Gasteiger partial charge in [0.2, 0.25) is 0 Å². The molecule has 5 heteroatoms. The average molecular weight is 310 g/mol. The van der Waals surface area contributed by atoms with Crippen LogP contribution in [0, 0.1) is 6.92 Å². The van der Waals surface area contributed by atoms with E-state index in [1.54, 1.807) is 0 Å². The summed E-state index contributed by atoms with van der Waals surface area (Å²) in [6, 6.07) is 8.99. The summed E-state index contributed by atoms with van der Waals surface area (Å²) in [7, 11) is 0. The first kappa shape index (κ1) is 16.1. The van der Waals surface area contributed by atoms with Gasteiger partial charge in [-0.15, -0.1) is 12.4 Å². The lowest BCUT2D eigenvalue weighted by Crippen LogP contribution is -2.45. The number of carbonyl (C=O) groups is 1. The molecule has 0 unspecified atom stereocenters. The van der Waals surface area contributed by atoms with Gasteiger partial charge in [0.15, 0.2) is 0 Å². The highest BCUT2D eigenvalue weighted by Gasteiger charge is 2.34. The van der Waals surface area contributed by atoms with Crippen molar-refractivity contribution in [1.29, 1.82) is 0 Å². The van der Waals surface area contributed by atoms with Crippen molar-refractivity contribution >= 4 is 18.4 Å². The van der Waals surface area contributed by atoms with Gasteiger partial charge in [0, 0.05) is 25.7 Å². The molecule has 0 atom stereocenters. The lowest BCUT2D eigenvalue weighted by atomic mass is 10.1. The van der Waals surface area contributed by atoms with Gasteiger partial charge in [0.25, 0.3) is 0 Å². The van der Waals surface area contributed by atoms with E-state index >= 15 is 0 Å². The first-order valence-electron chi connectivity index (χ1n) is 7.56. The van der Waals surface area contributed by atoms with E-state index in [-0.39, 0.29) is 18.4 Å². The Balaban J connectivity index is 0.00000161. The Labute approximate surface area is 132 Å². The zero-order valence-corrected chi connectivity index (χ0v) is 13.4. The van der Waals surface area contributed by atoms with Gasteiger partial charge in [-0.25, -0.2) is 4.79 Å². The molecule has 0 bridgehead atoms. The number of piperidine rings is 1. The maximum Gasteiger partial charge on any atom is 0.320 e. The monoisotopic (exact) mass is 309 g/mol. The van der Waals surface area contributed by atoms with Crippen LogP contribution in [0.15, 0.2) is 24.3 Å². The van der Waals surface area contributed by atoms with Crippen LogP contribution in [0.4, 0.5) is 4.79 Å². The van der Waals surface area contributed by atoms with Gasteiger partial charge in [-0.3, -0.25) is 0 Å². The number of nitrogens with zero attached hydrogens (tertiary/aromatic N) is 2. The van der Waals surface area contributed by atoms with Crippen LogP contribution in [-0.4, -0.2) is 48.1 Å². The lowest BCUT2D eigenvalue weighted by Gasteiger charge is -2.31. The molecule has 0 spiro atoms. The number of rotatable bonds is 3. The molecule has 2 fully saturated rings. The molecule has 1 aromatic rings. The largest absolute Gasteiger partial charge is 0.320 e. The van der Waals surface area contributed by atoms with Crippen molar-refractivity contribution in [2.75, 3.05) is 26.2 Å². The first-order chi connectivity index (χ1) is 9.75. The van der Waals surface area contributed by atoms with Crippen LogP contribution in [0.3, 0.4) is 0 Å². The highest BCUT2D eigenvalue weighted by atomic mass is 35.5. The van der Waals surface area contributed by atoms with E-state index in [0.717, 1.165) is 45.6 Å². The van der Waals surface area contributed by atoms with Gasteiger partial charge >= 0.3 is 6.03 Å². The van der Waals surface area contributed by atoms with Crippen molar-refractivity contribution in [2.24, 2.45) is 0 Å². The van der Waals surface area contributed by atoms with Crippen LogP contribution in [-0.2, 0) is 6.54 Å². The first-order valence-corrected chi connectivity index (χ1v) is 7.56. The minimum Gasteiger partial charge on any atom is -0.320 e. The third kappa shape index (κ3) is 3.50. The minimum atomic E-state index is 0. The number of nitrogens with one attached hydrogen (secondary N) is 1. The standard InChI is InChI=1S/C16H23N3O.ClH/c1-13-4-2-3-5-14(13)12-18-10-11-19(16(18)20)15-6-8-17-9-7-15;/h2-5,15,17H,6-12H2,1H3;1H. The van der Waals surface area contributed by atoms with Crippen LogP contribution in [0.5, 0.6) is 0 Å². The van der Waals surface area contributed by atoms with E-state index in [1.807, 2.05) is 17.0 Å². The fourth-order valence-corrected chi connectivity index (χ4v) is 3.20. The van der Waals surface area contributed by atoms with E-state index in [2.05, 4.69) is 29.3 Å². The summed E-state index contributed by atoms with van der Waals surface area (Å²) >= 11 is 0. The number of hydrogen-bond donors (Lipinski definition) is 1. The maximum absolute atomic E-state index is 12.6. The van der Waals surface area contributed by atoms with Gasteiger partial charge in [-0.05, 0) is 44.0 Å². The van der Waals surface area contributed by atoms with E-state index < -0.39 is 0 Å². The number of aryl methyl sites for hydroxylation is 1. The number of benzene rings is 1. The van der Waals surface area contributed by atoms with E-state index in [0.29, 0.717) is 6.04 Å². The summed E-state index contributed by atoms with van der Waals surface area (Å²) < 4.78 is 0. The highest BCUT2D eigenvalue weighted by Crippen LogP contribution is 2.21. The van der Waals surface area contributed by atoms with E-state index in [9.17, 15) is 4.79 Å². The Morgan fingerprint density at radius 3 is 2.62 bits per heavy atom. The number of hydrogen-bond acceptors (Lipinski definition) is 2. The molecule has 4 nitrogen and oxygen atoms in total. The Morgan fingerprint density at radius 2 is 1.90 bits per heavy atom. The number of urea groups is 1. The Hall–Kier alpha value is -1.26. The topological polar surface area (TPSA) is 35.6 Å². The van der Waals surface area contributed by atoms with Gasteiger partial charge in [-0.2, -0.15) is 0 Å². The van der Waals surface area contributed by atoms with E-state index in [4.69, 9.17) is 0 Å². The average Bonchev–Trinajstić information content (AvgIpc) is 2.84. The maximum atomic E-state index is 12.6. The Bertz CT molecular complexity index is 488. The van der Waals surface area contributed by atoms with Crippen molar-refractivity contribution in [3.63, 3.8) is 0 Å². The van der Waals surface area contributed by atoms with Gasteiger partial charge < -0.3 is 15.1 Å². The quantitative estimate of drug-likeness (QED) is 0.930. The molecular formula is C16H24ClN3O. The van der Waals surface area contributed by atoms with Crippen LogP contribution in [0.2, 0.25) is 0 Å². The summed E-state index contributed by atoms with van der Waals surface area (Å²) in [5.41, 5.74) is 2.52. The highest BCUT2D eigenvalue weighted by molar-refractivity contribution is 5.85. The second-order valence-electron chi connectivity index (χ2n) is 5.81. The van der Waals surface area contributed by atoms with Gasteiger partial charge in [-0.1, -0.05) is 24.3 Å². The minimum absolute atomic E-state index is 0. The van der Waals surface area contributed by atoms with Crippen molar-refractivity contribution < 1.29 is 4.79 Å². The van der Waals surface area contributed by atoms with Crippen LogP contribution in [0.25, 0.3) is 0 Å². The second kappa shape index (κ2) is 7.14. The van der Waals surface area contributed by atoms with Crippen molar-refractivity contribution in [1.82, 2.24) is 15.1 Å². The Morgan fingerprint density at radius 1 is 1.19 bits per heavy atom. The number of amides is 2. The van der Waals surface area contributed by atoms with Crippen molar-refractivity contribution in [3.05, 3.63) is 35.4 Å². The molecule has 3 rings (SSSR count). The second-order valence-corrected chi connectivity index (χ2v) is 5.81. The SMILES string of the molecule is Cc1ccccc1CN1CCN(C2CCNCC2)C1=O.Cl. The van der Waals surface area contributed by atoms with Gasteiger partial charge in [0.05, 0.1) is 0 Å². The predicted octanol–water partition coefficient (Wildman–Crippen LogP) is 2.41. The number of carbonyl (C=O) groups excluding carboxylic acids is 1. The molecule has 1 N–H and O–H groups in total. The fourth-order valence-electron chi connectivity index (χ4n) is 3.20. The molecule has 2 aliphatic heterocycles. The van der Waals surface area contributed by atoms with Crippen LogP contribution < -0.4 is 5.32 Å². The lowest BCUT2D eigenvalue weighted by molar-refractivity contribution is 0.164. The summed E-state index contributed by atoms with van der Waals surface area (Å²) in [6.07, 6.45) is 2.17. The van der Waals surface area contributed by atoms with Crippen molar-refractivity contribution in [2.45, 2.75) is 32.4 Å². The molecule has 21 heavy (non-hydrogen) atoms. The van der Waals surface area contributed by atoms with Crippen LogP contribution in [0.1, 0.15) is 24.0 Å². The molecular weight excluding hydrogens is 286 g/mol. The summed E-state index contributed by atoms with van der Waals surface area (Å²) in [5, 5.41) is 3.36. The molecule has 2 aliphatic rings. The molecule has 2 saturated heterocycles. The molecule has 2 amide bonds. The molecule has 2 heterocycles. The summed E-state index contributed by atoms with van der Waals surface area (Å²) in [4.78, 5) is 16.6. The van der Waals surface area contributed by atoms with Crippen molar-refractivity contribution in [3.8, 4) is 0 Å². The van der Waals surface area contributed by atoms with Crippen LogP contribution >= 0.6 is 12.4 Å². The summed E-state index contributed by atoms with van der Waals surface area (Å²) in [5.74, 6) is 0. The molecule has 0 saturated carbocycles. The van der Waals surface area contributed by atoms with E-state index in [1.165, 1.54) is 11.1 Å². The number of halogens is 1. The third-order valence-corrected chi connectivity index (χ3v) is 4.50. The van der Waals surface area contributed by atoms with Gasteiger partial charge in [0.1, 0.15) is 0 Å². The zero-order chi connectivity index (χ0) is 13.9. The summed E-state index contributed by atoms with van der Waals surface area (Å²) in [6.45, 7) is 6.67. The molecule has 0 radical (unpaired) electrons. The predicted molar refractivity (Wildman–Crippen MR) is 86.8 cm³/mol. The molecule has 0 aliphatic carbocycles. The zero-order valence-electron chi connectivity index (χ0n) is 12.5. The smallest absolute Gasteiger partial charge is 0.320 e. The molecule has 116 valence electrons. The molecule has 1 aromatic carbocycles. The normalized spacial score (nSPS) is 19.8. The Kier molecular flexibility index (Phi) is 5.48.